The summed E-state index contributed by atoms with van der Waals surface area (Å²) >= 11 is 26.2. The molecule has 314 valence electrons. The van der Waals surface area contributed by atoms with E-state index in [0.29, 0.717) is 32.1 Å². The Labute approximate surface area is 415 Å². The fourth-order valence-electron chi connectivity index (χ4n) is 5.80. The normalized spacial score (nSPS) is 11.5. The van der Waals surface area contributed by atoms with Gasteiger partial charge in [-0.2, -0.15) is 0 Å². The van der Waals surface area contributed by atoms with Gasteiger partial charge in [-0.05, 0) is 126 Å². The summed E-state index contributed by atoms with van der Waals surface area (Å²) in [4.78, 5) is 45.1. The standard InChI is InChI=1S/C15H12ClN3O.C15H12ClNO2S.C15H10ClNOS2.CHO.Na/c1-20-15-13(10-6-8-17-9-7-10)14(18-19-15)11-2-4-12(16)5-3-11;1-19-15(20)13(10-6-8-17-9-7-10)14(18)11-2-4-12(16)5-3-11;16-12-3-1-11(2-4-12)14(18)13(15-19-9-20-15)10-5-7-17-8-6-10;1-2;/h2-9H,1H3,(H,18,19);2-9,13H,1H3;1-8H,9H2;1H;/q;;;-1;+1. The third-order valence-corrected chi connectivity index (χ3v) is 12.5. The fourth-order valence-corrected chi connectivity index (χ4v) is 8.08. The number of carbonyl (C=O) groups excluding carboxylic acids is 3. The molecule has 63 heavy (non-hydrogen) atoms. The van der Waals surface area contributed by atoms with Crippen molar-refractivity contribution in [3.05, 3.63) is 188 Å². The number of nitrogens with zero attached hydrogens (tertiary/aromatic N) is 4. The van der Waals surface area contributed by atoms with Crippen LogP contribution in [0.1, 0.15) is 37.8 Å². The summed E-state index contributed by atoms with van der Waals surface area (Å²) in [6.07, 6.45) is 10.1. The number of carbonyl (C=O) groups is 2. The number of ketones is 2. The van der Waals surface area contributed by atoms with Gasteiger partial charge in [0.2, 0.25) is 5.88 Å². The zero-order valence-corrected chi connectivity index (χ0v) is 40.6. The van der Waals surface area contributed by atoms with Crippen LogP contribution in [0, 0.1) is 0 Å². The number of nitrogens with one attached hydrogen (secondary N) is 1. The molecule has 0 radical (unpaired) electrons. The van der Waals surface area contributed by atoms with E-state index in [0.717, 1.165) is 48.4 Å². The predicted molar refractivity (Wildman–Crippen MR) is 255 cm³/mol. The second kappa shape index (κ2) is 26.2. The van der Waals surface area contributed by atoms with E-state index in [1.165, 1.54) is 7.11 Å². The summed E-state index contributed by atoms with van der Waals surface area (Å²) in [7, 11) is 3.07. The second-order valence-corrected chi connectivity index (χ2v) is 16.8. The zero-order chi connectivity index (χ0) is 44.4. The molecule has 10 nitrogen and oxygen atoms in total. The zero-order valence-electron chi connectivity index (χ0n) is 33.9. The van der Waals surface area contributed by atoms with E-state index < -0.39 is 5.92 Å². The van der Waals surface area contributed by atoms with Gasteiger partial charge in [0.1, 0.15) is 5.92 Å². The maximum Gasteiger partial charge on any atom is 1.00 e. The average molecular weight is 963 g/mol. The number of ether oxygens (including phenoxy) is 2. The van der Waals surface area contributed by atoms with Gasteiger partial charge in [-0.3, -0.25) is 36.4 Å². The number of aromatic amines is 1. The minimum Gasteiger partial charge on any atom is -0.545 e. The molecule has 1 aliphatic rings. The van der Waals surface area contributed by atoms with Crippen molar-refractivity contribution in [1.29, 1.82) is 0 Å². The molecule has 1 unspecified atom stereocenters. The first-order valence-corrected chi connectivity index (χ1v) is 21.7. The van der Waals surface area contributed by atoms with Crippen molar-refractivity contribution in [2.24, 2.45) is 0 Å². The van der Waals surface area contributed by atoms with Gasteiger partial charge in [0.05, 0.1) is 29.7 Å². The van der Waals surface area contributed by atoms with Crippen LogP contribution in [0.2, 0.25) is 15.1 Å². The molecule has 1 aliphatic heterocycles. The number of methoxy groups -OCH3 is 2. The molecule has 0 bridgehead atoms. The molecular weight excluding hydrogens is 928 g/mol. The maximum atomic E-state index is 12.7. The topological polar surface area (TPSA) is 137 Å². The summed E-state index contributed by atoms with van der Waals surface area (Å²) in [6, 6.07) is 32.4. The SMILES string of the molecule is COC(=S)C(C(=O)c1ccc(Cl)cc1)c1ccncc1.COc1n[nH]c(-c2ccc(Cl)cc2)c1-c1ccncc1.O=C(C(=C1SCS1)c1ccncc1)c1ccc(Cl)cc1.[CH-]=O.[Na+]. The summed E-state index contributed by atoms with van der Waals surface area (Å²) < 4.78 is 11.5. The van der Waals surface area contributed by atoms with E-state index in [2.05, 4.69) is 31.9 Å². The molecule has 5 heterocycles. The Morgan fingerprint density at radius 3 is 1.62 bits per heavy atom. The van der Waals surface area contributed by atoms with Gasteiger partial charge in [0, 0.05) is 79.6 Å². The fraction of sp³-hybridized carbons (Fsp3) is 0.0870. The minimum atomic E-state index is -0.626. The summed E-state index contributed by atoms with van der Waals surface area (Å²) in [5.74, 6) is -0.164. The second-order valence-electron chi connectivity index (χ2n) is 12.5. The first-order valence-electron chi connectivity index (χ1n) is 18.2. The van der Waals surface area contributed by atoms with Gasteiger partial charge < -0.3 is 14.3 Å². The van der Waals surface area contributed by atoms with Gasteiger partial charge in [0.25, 0.3) is 0 Å². The molecule has 4 aromatic heterocycles. The molecule has 1 fully saturated rings. The van der Waals surface area contributed by atoms with E-state index >= 15 is 0 Å². The largest absolute Gasteiger partial charge is 1.00 e. The molecule has 0 saturated carbocycles. The monoisotopic (exact) mass is 961 g/mol. The summed E-state index contributed by atoms with van der Waals surface area (Å²) in [6.45, 7) is 3.25. The molecule has 0 aliphatic carbocycles. The Balaban J connectivity index is 0.000000202. The smallest absolute Gasteiger partial charge is 0.545 e. The first-order chi connectivity index (χ1) is 30.2. The Kier molecular flexibility index (Phi) is 21.2. The van der Waals surface area contributed by atoms with Crippen LogP contribution in [0.3, 0.4) is 0 Å². The number of rotatable bonds is 10. The number of halogens is 3. The number of pyridine rings is 3. The van der Waals surface area contributed by atoms with Gasteiger partial charge in [-0.15, -0.1) is 28.6 Å². The Morgan fingerprint density at radius 1 is 0.667 bits per heavy atom. The van der Waals surface area contributed by atoms with E-state index in [-0.39, 0.29) is 46.2 Å². The number of thioether (sulfide) groups is 2. The van der Waals surface area contributed by atoms with Crippen molar-refractivity contribution in [3.63, 3.8) is 0 Å². The predicted octanol–water partition coefficient (Wildman–Crippen LogP) is 8.93. The summed E-state index contributed by atoms with van der Waals surface area (Å²) in [5.41, 5.74) is 7.42. The maximum absolute atomic E-state index is 12.7. The van der Waals surface area contributed by atoms with Crippen molar-refractivity contribution >= 4 is 99.5 Å². The van der Waals surface area contributed by atoms with Gasteiger partial charge in [0.15, 0.2) is 16.6 Å². The Hall–Kier alpha value is -4.67. The molecule has 0 amide bonds. The van der Waals surface area contributed by atoms with E-state index in [4.69, 9.17) is 61.3 Å². The van der Waals surface area contributed by atoms with E-state index in [9.17, 15) is 9.59 Å². The van der Waals surface area contributed by atoms with Crippen molar-refractivity contribution < 1.29 is 53.4 Å². The van der Waals surface area contributed by atoms with Crippen LogP contribution < -0.4 is 34.3 Å². The number of hydrogen-bond acceptors (Lipinski definition) is 12. The first kappa shape index (κ1) is 51.0. The number of aromatic nitrogens is 5. The van der Waals surface area contributed by atoms with Crippen LogP contribution >= 0.6 is 70.5 Å². The van der Waals surface area contributed by atoms with Crippen LogP contribution in [-0.2, 0) is 9.53 Å². The number of benzene rings is 3. The molecule has 3 aromatic carbocycles. The number of allylic oxidation sites excluding steroid dienone is 1. The Bertz CT molecular complexity index is 2590. The summed E-state index contributed by atoms with van der Waals surface area (Å²) in [5, 5.41) is 10.4. The molecule has 8 rings (SSSR count). The van der Waals surface area contributed by atoms with Crippen LogP contribution in [0.15, 0.2) is 151 Å². The van der Waals surface area contributed by atoms with E-state index in [1.807, 2.05) is 48.5 Å². The number of H-pyrrole nitrogens is 1. The molecule has 17 heteroatoms. The van der Waals surface area contributed by atoms with E-state index in [1.54, 1.807) is 128 Å². The van der Waals surface area contributed by atoms with Crippen molar-refractivity contribution in [2.45, 2.75) is 5.92 Å². The van der Waals surface area contributed by atoms with Gasteiger partial charge in [-0.25, -0.2) is 0 Å². The number of thiocarbonyl (C=S) groups is 1. The average Bonchev–Trinajstić information content (AvgIpc) is 3.74. The molecule has 1 N–H and O–H groups in total. The van der Waals surface area contributed by atoms with Gasteiger partial charge >= 0.3 is 29.6 Å². The van der Waals surface area contributed by atoms with Crippen LogP contribution in [-0.4, -0.2) is 67.9 Å². The van der Waals surface area contributed by atoms with Crippen molar-refractivity contribution in [1.82, 2.24) is 25.1 Å². The Morgan fingerprint density at radius 2 is 1.14 bits per heavy atom. The number of hydrogen-bond donors (Lipinski definition) is 1. The molecule has 1 atom stereocenters. The quantitative estimate of drug-likeness (QED) is 0.0350. The van der Waals surface area contributed by atoms with Crippen molar-refractivity contribution in [3.8, 4) is 28.3 Å². The molecular formula is C46H35Cl3N5NaO5S3. The van der Waals surface area contributed by atoms with Crippen LogP contribution in [0.4, 0.5) is 0 Å². The van der Waals surface area contributed by atoms with Crippen LogP contribution in [0.5, 0.6) is 5.88 Å². The third kappa shape index (κ3) is 13.9. The van der Waals surface area contributed by atoms with Gasteiger partial charge in [-0.1, -0.05) is 46.9 Å². The third-order valence-electron chi connectivity index (χ3n) is 8.78. The molecule has 0 spiro atoms. The minimum absolute atomic E-state index is 0. The molecule has 1 saturated heterocycles. The number of Topliss-reactive ketones (excluding diaryl/α,β-unsaturated/α-hetero) is 2. The van der Waals surface area contributed by atoms with Crippen molar-refractivity contribution in [2.75, 3.05) is 19.3 Å². The molecule has 7 aromatic rings. The van der Waals surface area contributed by atoms with Crippen LogP contribution in [0.25, 0.3) is 28.0 Å².